The topological polar surface area (TPSA) is 79.4 Å². The van der Waals surface area contributed by atoms with Crippen LogP contribution in [0.2, 0.25) is 0 Å². The number of aromatic nitrogens is 1. The quantitative estimate of drug-likeness (QED) is 0.767. The Kier molecular flexibility index (Phi) is 5.01. The number of thiazole rings is 1. The second kappa shape index (κ2) is 7.05. The highest BCUT2D eigenvalue weighted by molar-refractivity contribution is 9.10. The third-order valence-corrected chi connectivity index (χ3v) is 5.57. The Morgan fingerprint density at radius 1 is 1.36 bits per heavy atom. The minimum atomic E-state index is -0.340. The van der Waals surface area contributed by atoms with Crippen molar-refractivity contribution in [3.05, 3.63) is 38.8 Å². The lowest BCUT2D eigenvalue weighted by atomic mass is 10.0. The summed E-state index contributed by atoms with van der Waals surface area (Å²) in [7, 11) is 0. The summed E-state index contributed by atoms with van der Waals surface area (Å²) in [4.78, 5) is 42.3. The number of Topliss-reactive ketones (excluding diaryl/α,β-unsaturated/α-hetero) is 1. The van der Waals surface area contributed by atoms with Gasteiger partial charge < -0.3 is 10.2 Å². The second-order valence-electron chi connectivity index (χ2n) is 5.79. The van der Waals surface area contributed by atoms with E-state index >= 15 is 0 Å². The van der Waals surface area contributed by atoms with Crippen LogP contribution in [0.25, 0.3) is 0 Å². The molecule has 0 atom stereocenters. The largest absolute Gasteiger partial charge is 0.303 e. The van der Waals surface area contributed by atoms with Crippen LogP contribution in [0.15, 0.2) is 22.7 Å². The van der Waals surface area contributed by atoms with Crippen molar-refractivity contribution in [3.63, 3.8) is 0 Å². The summed E-state index contributed by atoms with van der Waals surface area (Å²) >= 11 is 4.57. The van der Waals surface area contributed by atoms with E-state index in [4.69, 9.17) is 0 Å². The molecule has 0 unspecified atom stereocenters. The number of halogens is 1. The van der Waals surface area contributed by atoms with Gasteiger partial charge in [0.05, 0.1) is 10.6 Å². The van der Waals surface area contributed by atoms with Crippen LogP contribution in [0.4, 0.5) is 10.8 Å². The number of carbonyl (C=O) groups excluding carboxylic acids is 3. The minimum Gasteiger partial charge on any atom is -0.303 e. The number of aryl methyl sites for hydroxylation is 2. The molecule has 0 saturated carbocycles. The third-order valence-electron chi connectivity index (χ3n) is 3.91. The van der Waals surface area contributed by atoms with Crippen molar-refractivity contribution in [3.8, 4) is 0 Å². The number of amides is 2. The van der Waals surface area contributed by atoms with E-state index in [2.05, 4.69) is 26.2 Å². The number of ketones is 1. The molecule has 8 heteroatoms. The number of hydrogen-bond acceptors (Lipinski definition) is 5. The van der Waals surface area contributed by atoms with E-state index in [9.17, 15) is 14.4 Å². The molecule has 0 radical (unpaired) electrons. The number of nitrogens with zero attached hydrogens (tertiary/aromatic N) is 2. The molecular weight excluding hydrogens is 406 g/mol. The van der Waals surface area contributed by atoms with Gasteiger partial charge in [-0.3, -0.25) is 14.4 Å². The van der Waals surface area contributed by atoms with Gasteiger partial charge in [0.1, 0.15) is 6.54 Å². The monoisotopic (exact) mass is 421 g/mol. The van der Waals surface area contributed by atoms with Crippen LogP contribution in [-0.2, 0) is 16.0 Å². The van der Waals surface area contributed by atoms with Gasteiger partial charge >= 0.3 is 0 Å². The molecule has 0 spiro atoms. The molecule has 6 nitrogen and oxygen atoms in total. The van der Waals surface area contributed by atoms with Crippen LogP contribution in [0, 0.1) is 6.92 Å². The van der Waals surface area contributed by atoms with E-state index in [-0.39, 0.29) is 24.1 Å². The molecule has 1 aliphatic heterocycles. The molecule has 1 aromatic heterocycles. The second-order valence-corrected chi connectivity index (χ2v) is 7.71. The summed E-state index contributed by atoms with van der Waals surface area (Å²) in [6.45, 7) is 3.11. The molecule has 0 saturated heterocycles. The molecule has 1 aliphatic rings. The lowest BCUT2D eigenvalue weighted by Gasteiger charge is -2.28. The Morgan fingerprint density at radius 3 is 2.80 bits per heavy atom. The molecule has 0 fully saturated rings. The summed E-state index contributed by atoms with van der Waals surface area (Å²) in [5.41, 5.74) is 2.39. The van der Waals surface area contributed by atoms with Crippen LogP contribution < -0.4 is 10.2 Å². The number of anilines is 2. The van der Waals surface area contributed by atoms with E-state index in [1.807, 2.05) is 18.2 Å². The molecule has 2 amide bonds. The predicted molar refractivity (Wildman–Crippen MR) is 100 cm³/mol. The summed E-state index contributed by atoms with van der Waals surface area (Å²) in [5.74, 6) is -0.501. The molecule has 1 N–H and O–H groups in total. The number of rotatable bonds is 4. The van der Waals surface area contributed by atoms with E-state index < -0.39 is 0 Å². The zero-order valence-electron chi connectivity index (χ0n) is 13.8. The predicted octanol–water partition coefficient (Wildman–Crippen LogP) is 3.33. The van der Waals surface area contributed by atoms with Gasteiger partial charge in [0.15, 0.2) is 10.9 Å². The van der Waals surface area contributed by atoms with Gasteiger partial charge in [-0.05, 0) is 37.1 Å². The van der Waals surface area contributed by atoms with E-state index in [1.165, 1.54) is 11.8 Å². The molecule has 3 rings (SSSR count). The zero-order chi connectivity index (χ0) is 18.1. The third kappa shape index (κ3) is 3.80. The first-order valence-electron chi connectivity index (χ1n) is 7.72. The Morgan fingerprint density at radius 2 is 2.12 bits per heavy atom. The average Bonchev–Trinajstić information content (AvgIpc) is 2.90. The first kappa shape index (κ1) is 17.8. The fraction of sp³-hybridized carbons (Fsp3) is 0.294. The van der Waals surface area contributed by atoms with Crippen molar-refractivity contribution in [1.29, 1.82) is 0 Å². The number of benzene rings is 1. The van der Waals surface area contributed by atoms with Crippen molar-refractivity contribution in [1.82, 2.24) is 4.98 Å². The Balaban J connectivity index is 1.76. The molecular formula is C17H16BrN3O3S. The molecule has 130 valence electrons. The van der Waals surface area contributed by atoms with Crippen LogP contribution in [-0.4, -0.2) is 29.1 Å². The highest BCUT2D eigenvalue weighted by Gasteiger charge is 2.26. The first-order chi connectivity index (χ1) is 11.8. The van der Waals surface area contributed by atoms with E-state index in [0.29, 0.717) is 28.5 Å². The van der Waals surface area contributed by atoms with Gasteiger partial charge in [-0.25, -0.2) is 4.98 Å². The summed E-state index contributed by atoms with van der Waals surface area (Å²) in [5, 5.41) is 3.05. The normalized spacial score (nSPS) is 13.6. The highest BCUT2D eigenvalue weighted by Crippen LogP contribution is 2.30. The molecule has 1 aromatic carbocycles. The van der Waals surface area contributed by atoms with Crippen LogP contribution >= 0.6 is 27.3 Å². The van der Waals surface area contributed by atoms with Crippen molar-refractivity contribution in [2.75, 3.05) is 16.8 Å². The lowest BCUT2D eigenvalue weighted by Crippen LogP contribution is -2.40. The summed E-state index contributed by atoms with van der Waals surface area (Å²) in [6.07, 6.45) is 1.04. The standard InChI is InChI=1S/C17H16BrN3O3S/c1-9-16(10(2)22)25-17(19-9)20-14(23)8-21-13-5-4-12(18)7-11(13)3-6-15(21)24/h4-5,7H,3,6,8H2,1-2H3,(H,19,20,23). The Hall–Kier alpha value is -2.06. The van der Waals surface area contributed by atoms with Gasteiger partial charge in [0.2, 0.25) is 11.8 Å². The van der Waals surface area contributed by atoms with Crippen molar-refractivity contribution >= 4 is 55.7 Å². The maximum absolute atomic E-state index is 12.4. The van der Waals surface area contributed by atoms with Gasteiger partial charge in [0.25, 0.3) is 0 Å². The number of hydrogen-bond donors (Lipinski definition) is 1. The fourth-order valence-electron chi connectivity index (χ4n) is 2.78. The minimum absolute atomic E-state index is 0.0790. The van der Waals surface area contributed by atoms with E-state index in [0.717, 1.165) is 27.1 Å². The average molecular weight is 422 g/mol. The highest BCUT2D eigenvalue weighted by atomic mass is 79.9. The van der Waals surface area contributed by atoms with Crippen LogP contribution in [0.3, 0.4) is 0 Å². The van der Waals surface area contributed by atoms with Crippen molar-refractivity contribution in [2.24, 2.45) is 0 Å². The lowest BCUT2D eigenvalue weighted by molar-refractivity contribution is -0.121. The van der Waals surface area contributed by atoms with Gasteiger partial charge in [-0.15, -0.1) is 0 Å². The molecule has 0 bridgehead atoms. The van der Waals surface area contributed by atoms with Crippen LogP contribution in [0.5, 0.6) is 0 Å². The van der Waals surface area contributed by atoms with Gasteiger partial charge in [-0.2, -0.15) is 0 Å². The Bertz CT molecular complexity index is 878. The van der Waals surface area contributed by atoms with Crippen LogP contribution in [0.1, 0.15) is 34.3 Å². The van der Waals surface area contributed by atoms with Gasteiger partial charge in [0, 0.05) is 23.5 Å². The number of fused-ring (bicyclic) bond motifs is 1. The SMILES string of the molecule is CC(=O)c1sc(NC(=O)CN2C(=O)CCc3cc(Br)ccc32)nc1C. The van der Waals surface area contributed by atoms with Crippen molar-refractivity contribution in [2.45, 2.75) is 26.7 Å². The first-order valence-corrected chi connectivity index (χ1v) is 9.33. The van der Waals surface area contributed by atoms with E-state index in [1.54, 1.807) is 6.92 Å². The van der Waals surface area contributed by atoms with Gasteiger partial charge in [-0.1, -0.05) is 27.3 Å². The number of carbonyl (C=O) groups is 3. The maximum atomic E-state index is 12.4. The van der Waals surface area contributed by atoms with Crippen molar-refractivity contribution < 1.29 is 14.4 Å². The Labute approximate surface area is 157 Å². The molecule has 2 aromatic rings. The number of nitrogens with one attached hydrogen (secondary N) is 1. The fourth-order valence-corrected chi connectivity index (χ4v) is 4.07. The molecule has 25 heavy (non-hydrogen) atoms. The summed E-state index contributed by atoms with van der Waals surface area (Å²) in [6, 6.07) is 5.66. The molecule has 0 aliphatic carbocycles. The molecule has 2 heterocycles. The summed E-state index contributed by atoms with van der Waals surface area (Å²) < 4.78 is 0.944. The smallest absolute Gasteiger partial charge is 0.246 e. The maximum Gasteiger partial charge on any atom is 0.246 e. The zero-order valence-corrected chi connectivity index (χ0v) is 16.2.